The van der Waals surface area contributed by atoms with Gasteiger partial charge in [0.15, 0.2) is 0 Å². The van der Waals surface area contributed by atoms with Crippen LogP contribution in [0.4, 0.5) is 5.95 Å². The fraction of sp³-hybridized carbons (Fsp3) is 0.800. The molecule has 1 aliphatic rings. The van der Waals surface area contributed by atoms with Gasteiger partial charge < -0.3 is 24.8 Å². The second-order valence-corrected chi connectivity index (χ2v) is 4.18. The number of likely N-dealkylation sites (N-methyl/N-ethyl adjacent to an activating group) is 1. The zero-order valence-electron chi connectivity index (χ0n) is 10.3. The summed E-state index contributed by atoms with van der Waals surface area (Å²) in [7, 11) is 3.69. The second kappa shape index (κ2) is 5.44. The number of nitrogens with zero attached hydrogens (tertiary/aromatic N) is 4. The van der Waals surface area contributed by atoms with Gasteiger partial charge in [-0.25, -0.2) is 0 Å². The predicted molar refractivity (Wildman–Crippen MR) is 62.8 cm³/mol. The normalized spacial score (nSPS) is 19.6. The van der Waals surface area contributed by atoms with Gasteiger partial charge in [0.2, 0.25) is 0 Å². The first-order chi connectivity index (χ1) is 8.24. The summed E-state index contributed by atoms with van der Waals surface area (Å²) in [6, 6.07) is 0. The van der Waals surface area contributed by atoms with Gasteiger partial charge in [0.25, 0.3) is 11.8 Å². The van der Waals surface area contributed by atoms with E-state index < -0.39 is 0 Å². The van der Waals surface area contributed by atoms with Crippen molar-refractivity contribution in [1.82, 2.24) is 15.0 Å². The van der Waals surface area contributed by atoms with Crippen LogP contribution in [0, 0.1) is 0 Å². The number of piperazine rings is 1. The van der Waals surface area contributed by atoms with Crippen LogP contribution < -0.4 is 10.6 Å². The fourth-order valence-corrected chi connectivity index (χ4v) is 1.79. The van der Waals surface area contributed by atoms with E-state index in [4.69, 9.17) is 15.0 Å². The average Bonchev–Trinajstić information content (AvgIpc) is 2.81. The van der Waals surface area contributed by atoms with Crippen LogP contribution in [0.25, 0.3) is 0 Å². The molecule has 1 aromatic heterocycles. The standard InChI is InChI=1S/C10H19N5O2/c1-14-3-5-15(6-4-14)10-12-9(17-13-10)8(7-11)16-2/h8H,3-7,11H2,1-2H3. The van der Waals surface area contributed by atoms with Crippen molar-refractivity contribution >= 4 is 5.95 Å². The van der Waals surface area contributed by atoms with Crippen LogP contribution in [0.2, 0.25) is 0 Å². The van der Waals surface area contributed by atoms with Crippen molar-refractivity contribution < 1.29 is 9.26 Å². The van der Waals surface area contributed by atoms with Gasteiger partial charge in [-0.3, -0.25) is 0 Å². The maximum Gasteiger partial charge on any atom is 0.266 e. The number of rotatable bonds is 4. The van der Waals surface area contributed by atoms with Crippen LogP contribution in [0.3, 0.4) is 0 Å². The summed E-state index contributed by atoms with van der Waals surface area (Å²) in [4.78, 5) is 8.71. The summed E-state index contributed by atoms with van der Waals surface area (Å²) in [5.74, 6) is 1.08. The summed E-state index contributed by atoms with van der Waals surface area (Å²) >= 11 is 0. The smallest absolute Gasteiger partial charge is 0.266 e. The molecule has 1 aliphatic heterocycles. The molecule has 0 amide bonds. The Bertz CT molecular complexity index is 344. The number of hydrogen-bond donors (Lipinski definition) is 1. The molecule has 1 atom stereocenters. The molecule has 0 radical (unpaired) electrons. The highest BCUT2D eigenvalue weighted by Crippen LogP contribution is 2.17. The Morgan fingerprint density at radius 1 is 1.41 bits per heavy atom. The predicted octanol–water partition coefficient (Wildman–Crippen LogP) is -0.532. The molecule has 2 heterocycles. The van der Waals surface area contributed by atoms with E-state index in [0.29, 0.717) is 18.4 Å². The molecular weight excluding hydrogens is 222 g/mol. The van der Waals surface area contributed by atoms with Crippen molar-refractivity contribution in [3.05, 3.63) is 5.89 Å². The van der Waals surface area contributed by atoms with Gasteiger partial charge in [0, 0.05) is 39.8 Å². The van der Waals surface area contributed by atoms with Crippen molar-refractivity contribution in [2.75, 3.05) is 51.8 Å². The minimum atomic E-state index is -0.316. The molecular formula is C10H19N5O2. The van der Waals surface area contributed by atoms with E-state index in [9.17, 15) is 0 Å². The number of nitrogens with two attached hydrogens (primary N) is 1. The molecule has 1 fully saturated rings. The quantitative estimate of drug-likeness (QED) is 0.758. The zero-order chi connectivity index (χ0) is 12.3. The first-order valence-electron chi connectivity index (χ1n) is 5.74. The lowest BCUT2D eigenvalue weighted by atomic mass is 10.3. The lowest BCUT2D eigenvalue weighted by Crippen LogP contribution is -2.44. The van der Waals surface area contributed by atoms with E-state index in [1.54, 1.807) is 7.11 Å². The Kier molecular flexibility index (Phi) is 3.93. The maximum atomic E-state index is 5.55. The zero-order valence-corrected chi connectivity index (χ0v) is 10.3. The van der Waals surface area contributed by atoms with E-state index >= 15 is 0 Å². The first kappa shape index (κ1) is 12.3. The largest absolute Gasteiger partial charge is 0.370 e. The number of hydrogen-bond acceptors (Lipinski definition) is 7. The minimum Gasteiger partial charge on any atom is -0.370 e. The molecule has 0 spiro atoms. The summed E-state index contributed by atoms with van der Waals surface area (Å²) in [6.07, 6.45) is -0.316. The topological polar surface area (TPSA) is 80.7 Å². The average molecular weight is 241 g/mol. The molecule has 2 rings (SSSR count). The SMILES string of the molecule is COC(CN)c1nc(N2CCN(C)CC2)no1. The Labute approximate surface area is 101 Å². The van der Waals surface area contributed by atoms with Gasteiger partial charge in [-0.1, -0.05) is 0 Å². The summed E-state index contributed by atoms with van der Waals surface area (Å²) in [6.45, 7) is 4.18. The highest BCUT2D eigenvalue weighted by atomic mass is 16.5. The van der Waals surface area contributed by atoms with E-state index in [-0.39, 0.29) is 6.10 Å². The van der Waals surface area contributed by atoms with E-state index in [1.807, 2.05) is 0 Å². The van der Waals surface area contributed by atoms with Crippen LogP contribution in [0.15, 0.2) is 4.52 Å². The number of ether oxygens (including phenoxy) is 1. The molecule has 0 aromatic carbocycles. The van der Waals surface area contributed by atoms with Crippen molar-refractivity contribution in [2.24, 2.45) is 5.73 Å². The monoisotopic (exact) mass is 241 g/mol. The Morgan fingerprint density at radius 2 is 2.12 bits per heavy atom. The molecule has 0 bridgehead atoms. The van der Waals surface area contributed by atoms with Crippen molar-refractivity contribution in [3.8, 4) is 0 Å². The van der Waals surface area contributed by atoms with Crippen LogP contribution in [0.1, 0.15) is 12.0 Å². The third-order valence-electron chi connectivity index (χ3n) is 2.99. The van der Waals surface area contributed by atoms with Gasteiger partial charge in [0.05, 0.1) is 0 Å². The Hall–Kier alpha value is -1.18. The van der Waals surface area contributed by atoms with Gasteiger partial charge in [0.1, 0.15) is 6.10 Å². The second-order valence-electron chi connectivity index (χ2n) is 4.18. The van der Waals surface area contributed by atoms with Crippen molar-refractivity contribution in [3.63, 3.8) is 0 Å². The molecule has 7 nitrogen and oxygen atoms in total. The molecule has 1 aromatic rings. The summed E-state index contributed by atoms with van der Waals surface area (Å²) < 4.78 is 10.3. The van der Waals surface area contributed by atoms with Gasteiger partial charge in [-0.05, 0) is 12.2 Å². The molecule has 17 heavy (non-hydrogen) atoms. The van der Waals surface area contributed by atoms with Gasteiger partial charge in [-0.15, -0.1) is 0 Å². The lowest BCUT2D eigenvalue weighted by molar-refractivity contribution is 0.0804. The number of anilines is 1. The molecule has 1 unspecified atom stereocenters. The molecule has 7 heteroatoms. The molecule has 0 saturated carbocycles. The van der Waals surface area contributed by atoms with Crippen molar-refractivity contribution in [2.45, 2.75) is 6.10 Å². The van der Waals surface area contributed by atoms with E-state index in [1.165, 1.54) is 0 Å². The lowest BCUT2D eigenvalue weighted by Gasteiger charge is -2.31. The molecule has 2 N–H and O–H groups in total. The van der Waals surface area contributed by atoms with Crippen LogP contribution in [-0.2, 0) is 4.74 Å². The Balaban J connectivity index is 2.02. The van der Waals surface area contributed by atoms with Crippen LogP contribution >= 0.6 is 0 Å². The van der Waals surface area contributed by atoms with Crippen LogP contribution in [-0.4, -0.2) is 61.9 Å². The summed E-state index contributed by atoms with van der Waals surface area (Å²) in [5, 5.41) is 3.97. The summed E-state index contributed by atoms with van der Waals surface area (Å²) in [5.41, 5.74) is 5.55. The fourth-order valence-electron chi connectivity index (χ4n) is 1.79. The first-order valence-corrected chi connectivity index (χ1v) is 5.74. The third-order valence-corrected chi connectivity index (χ3v) is 2.99. The highest BCUT2D eigenvalue weighted by Gasteiger charge is 2.22. The highest BCUT2D eigenvalue weighted by molar-refractivity contribution is 5.28. The van der Waals surface area contributed by atoms with Gasteiger partial charge >= 0.3 is 0 Å². The molecule has 96 valence electrons. The number of methoxy groups -OCH3 is 1. The Morgan fingerprint density at radius 3 is 2.71 bits per heavy atom. The maximum absolute atomic E-state index is 5.55. The van der Waals surface area contributed by atoms with Crippen LogP contribution in [0.5, 0.6) is 0 Å². The van der Waals surface area contributed by atoms with Crippen molar-refractivity contribution in [1.29, 1.82) is 0 Å². The molecule has 0 aliphatic carbocycles. The van der Waals surface area contributed by atoms with E-state index in [0.717, 1.165) is 26.2 Å². The molecule has 1 saturated heterocycles. The third kappa shape index (κ3) is 2.74. The van der Waals surface area contributed by atoms with Gasteiger partial charge in [-0.2, -0.15) is 4.98 Å². The minimum absolute atomic E-state index is 0.316. The number of aromatic nitrogens is 2. The van der Waals surface area contributed by atoms with E-state index in [2.05, 4.69) is 27.0 Å².